The fraction of sp³-hybridized carbons (Fsp3) is 0.583. The van der Waals surface area contributed by atoms with Gasteiger partial charge in [-0.3, -0.25) is 0 Å². The molecule has 1 aromatic heterocycles. The molecule has 4 N–H and O–H groups in total. The molecule has 1 atom stereocenters. The van der Waals surface area contributed by atoms with Gasteiger partial charge in [-0.15, -0.1) is 11.3 Å². The van der Waals surface area contributed by atoms with Gasteiger partial charge in [0.05, 0.1) is 0 Å². The monoisotopic (exact) mass is 253 g/mol. The second-order valence-corrected chi connectivity index (χ2v) is 5.87. The number of oxime groups is 1. The van der Waals surface area contributed by atoms with Crippen LogP contribution in [0.2, 0.25) is 0 Å². The Morgan fingerprint density at radius 1 is 1.71 bits per heavy atom. The van der Waals surface area contributed by atoms with Crippen molar-refractivity contribution in [3.05, 3.63) is 22.4 Å². The van der Waals surface area contributed by atoms with Gasteiger partial charge in [0.2, 0.25) is 0 Å². The molecule has 1 aliphatic carbocycles. The molecule has 0 bridgehead atoms. The second-order valence-electron chi connectivity index (χ2n) is 4.89. The number of thiophene rings is 1. The van der Waals surface area contributed by atoms with E-state index in [1.165, 1.54) is 4.88 Å². The summed E-state index contributed by atoms with van der Waals surface area (Å²) in [5.41, 5.74) is 5.80. The van der Waals surface area contributed by atoms with Crippen LogP contribution in [0.3, 0.4) is 0 Å². The fourth-order valence-corrected chi connectivity index (χ4v) is 2.78. The van der Waals surface area contributed by atoms with Gasteiger partial charge in [-0.2, -0.15) is 0 Å². The van der Waals surface area contributed by atoms with E-state index < -0.39 is 0 Å². The molecule has 0 aromatic carbocycles. The van der Waals surface area contributed by atoms with Gasteiger partial charge in [-0.1, -0.05) is 11.2 Å². The summed E-state index contributed by atoms with van der Waals surface area (Å²) in [6.07, 6.45) is 3.01. The maximum Gasteiger partial charge on any atom is 0.139 e. The SMILES string of the molecule is C[C@@H](NCC1(C/C(N)=N/O)CC1)c1cccs1. The highest BCUT2D eigenvalue weighted by molar-refractivity contribution is 7.10. The summed E-state index contributed by atoms with van der Waals surface area (Å²) in [5, 5.41) is 17.3. The number of nitrogens with two attached hydrogens (primary N) is 1. The lowest BCUT2D eigenvalue weighted by molar-refractivity contribution is 0.313. The Bertz CT molecular complexity index is 384. The van der Waals surface area contributed by atoms with Crippen LogP contribution in [0, 0.1) is 5.41 Å². The standard InChI is InChI=1S/C12H19N3OS/c1-9(10-3-2-6-17-10)14-8-12(4-5-12)7-11(13)15-16/h2-3,6,9,14,16H,4-5,7-8H2,1H3,(H2,13,15)/t9-/m1/s1. The van der Waals surface area contributed by atoms with Crippen molar-refractivity contribution in [2.24, 2.45) is 16.3 Å². The summed E-state index contributed by atoms with van der Waals surface area (Å²) in [6, 6.07) is 4.59. The largest absolute Gasteiger partial charge is 0.409 e. The highest BCUT2D eigenvalue weighted by atomic mass is 32.1. The predicted molar refractivity (Wildman–Crippen MR) is 70.4 cm³/mol. The topological polar surface area (TPSA) is 70.6 Å². The van der Waals surface area contributed by atoms with Crippen molar-refractivity contribution in [1.29, 1.82) is 0 Å². The molecule has 0 aliphatic heterocycles. The van der Waals surface area contributed by atoms with Gasteiger partial charge >= 0.3 is 0 Å². The lowest BCUT2D eigenvalue weighted by Gasteiger charge is -2.18. The van der Waals surface area contributed by atoms with E-state index in [1.54, 1.807) is 11.3 Å². The van der Waals surface area contributed by atoms with Crippen LogP contribution in [-0.2, 0) is 0 Å². The Kier molecular flexibility index (Phi) is 3.69. The van der Waals surface area contributed by atoms with E-state index in [1.807, 2.05) is 0 Å². The van der Waals surface area contributed by atoms with Crippen molar-refractivity contribution in [1.82, 2.24) is 5.32 Å². The first-order valence-corrected chi connectivity index (χ1v) is 6.76. The van der Waals surface area contributed by atoms with Gasteiger partial charge in [0, 0.05) is 23.9 Å². The predicted octanol–water partition coefficient (Wildman–Crippen LogP) is 2.32. The molecular weight excluding hydrogens is 234 g/mol. The zero-order chi connectivity index (χ0) is 12.3. The first-order chi connectivity index (χ1) is 8.15. The van der Waals surface area contributed by atoms with Gasteiger partial charge in [-0.25, -0.2) is 0 Å². The van der Waals surface area contributed by atoms with Crippen molar-refractivity contribution in [3.63, 3.8) is 0 Å². The van der Waals surface area contributed by atoms with Crippen molar-refractivity contribution in [2.75, 3.05) is 6.54 Å². The summed E-state index contributed by atoms with van der Waals surface area (Å²) in [7, 11) is 0. The van der Waals surface area contributed by atoms with Gasteiger partial charge in [-0.05, 0) is 36.6 Å². The third-order valence-electron chi connectivity index (χ3n) is 3.39. The minimum atomic E-state index is 0.224. The van der Waals surface area contributed by atoms with E-state index in [-0.39, 0.29) is 5.41 Å². The molecule has 1 aliphatic rings. The third kappa shape index (κ3) is 3.20. The molecule has 1 saturated carbocycles. The lowest BCUT2D eigenvalue weighted by atomic mass is 10.0. The third-order valence-corrected chi connectivity index (χ3v) is 4.45. The molecule has 0 spiro atoms. The number of amidine groups is 1. The molecule has 4 nitrogen and oxygen atoms in total. The van der Waals surface area contributed by atoms with E-state index in [2.05, 4.69) is 34.9 Å². The zero-order valence-electron chi connectivity index (χ0n) is 10.0. The number of nitrogens with one attached hydrogen (secondary N) is 1. The Balaban J connectivity index is 1.82. The van der Waals surface area contributed by atoms with E-state index in [0.29, 0.717) is 18.3 Å². The van der Waals surface area contributed by atoms with Crippen molar-refractivity contribution < 1.29 is 5.21 Å². The van der Waals surface area contributed by atoms with Crippen LogP contribution in [-0.4, -0.2) is 17.6 Å². The first kappa shape index (κ1) is 12.4. The molecule has 2 rings (SSSR count). The van der Waals surface area contributed by atoms with Crippen LogP contribution in [0.15, 0.2) is 22.7 Å². The molecule has 1 heterocycles. The Hall–Kier alpha value is -1.07. The molecule has 5 heteroatoms. The Morgan fingerprint density at radius 2 is 2.47 bits per heavy atom. The first-order valence-electron chi connectivity index (χ1n) is 5.88. The van der Waals surface area contributed by atoms with Crippen LogP contribution in [0.25, 0.3) is 0 Å². The molecule has 1 fully saturated rings. The summed E-state index contributed by atoms with van der Waals surface area (Å²) in [6.45, 7) is 3.10. The van der Waals surface area contributed by atoms with Gasteiger partial charge in [0.1, 0.15) is 5.84 Å². The number of hydrogen-bond acceptors (Lipinski definition) is 4. The molecule has 0 radical (unpaired) electrons. The smallest absolute Gasteiger partial charge is 0.139 e. The minimum Gasteiger partial charge on any atom is -0.409 e. The number of nitrogens with zero attached hydrogens (tertiary/aromatic N) is 1. The van der Waals surface area contributed by atoms with E-state index in [0.717, 1.165) is 19.4 Å². The van der Waals surface area contributed by atoms with E-state index in [9.17, 15) is 0 Å². The van der Waals surface area contributed by atoms with Crippen LogP contribution >= 0.6 is 11.3 Å². The molecule has 0 amide bonds. The molecule has 94 valence electrons. The summed E-state index contributed by atoms with van der Waals surface area (Å²) < 4.78 is 0. The van der Waals surface area contributed by atoms with Gasteiger partial charge < -0.3 is 16.3 Å². The summed E-state index contributed by atoms with van der Waals surface area (Å²) in [5.74, 6) is 0.341. The quantitative estimate of drug-likeness (QED) is 0.315. The number of hydrogen-bond donors (Lipinski definition) is 3. The van der Waals surface area contributed by atoms with E-state index >= 15 is 0 Å². The Labute approximate surface area is 106 Å². The minimum absolute atomic E-state index is 0.224. The highest BCUT2D eigenvalue weighted by Gasteiger charge is 2.43. The molecule has 0 saturated heterocycles. The molecule has 17 heavy (non-hydrogen) atoms. The van der Waals surface area contributed by atoms with Crippen LogP contribution in [0.1, 0.15) is 37.1 Å². The lowest BCUT2D eigenvalue weighted by Crippen LogP contribution is -2.29. The van der Waals surface area contributed by atoms with Gasteiger partial charge in [0.25, 0.3) is 0 Å². The van der Waals surface area contributed by atoms with Crippen LogP contribution < -0.4 is 11.1 Å². The van der Waals surface area contributed by atoms with Crippen LogP contribution in [0.4, 0.5) is 0 Å². The molecular formula is C12H19N3OS. The van der Waals surface area contributed by atoms with Crippen molar-refractivity contribution in [3.8, 4) is 0 Å². The Morgan fingerprint density at radius 3 is 3.00 bits per heavy atom. The second kappa shape index (κ2) is 5.06. The van der Waals surface area contributed by atoms with Gasteiger partial charge in [0.15, 0.2) is 0 Å². The summed E-state index contributed by atoms with van der Waals surface area (Å²) in [4.78, 5) is 1.35. The zero-order valence-corrected chi connectivity index (χ0v) is 10.8. The fourth-order valence-electron chi connectivity index (χ4n) is 2.02. The van der Waals surface area contributed by atoms with Crippen molar-refractivity contribution >= 4 is 17.2 Å². The highest BCUT2D eigenvalue weighted by Crippen LogP contribution is 2.48. The maximum absolute atomic E-state index is 8.60. The molecule has 0 unspecified atom stereocenters. The van der Waals surface area contributed by atoms with Crippen molar-refractivity contribution in [2.45, 2.75) is 32.2 Å². The average molecular weight is 253 g/mol. The number of rotatable bonds is 6. The average Bonchev–Trinajstić information content (AvgIpc) is 2.88. The van der Waals surface area contributed by atoms with Crippen LogP contribution in [0.5, 0.6) is 0 Å². The maximum atomic E-state index is 8.60. The summed E-state index contributed by atoms with van der Waals surface area (Å²) >= 11 is 1.77. The van der Waals surface area contributed by atoms with E-state index in [4.69, 9.17) is 10.9 Å². The normalized spacial score (nSPS) is 20.2. The molecule has 1 aromatic rings.